The van der Waals surface area contributed by atoms with Gasteiger partial charge in [0.05, 0.1) is 17.9 Å². The number of para-hydroxylation sites is 1. The zero-order chi connectivity index (χ0) is 16.2. The average molecular weight is 316 g/mol. The van der Waals surface area contributed by atoms with Gasteiger partial charge in [0.1, 0.15) is 11.9 Å². The molecular formula is C16H17FN4O2. The Kier molecular flexibility index (Phi) is 4.36. The number of hydrogen-bond donors (Lipinski definition) is 1. The van der Waals surface area contributed by atoms with E-state index in [2.05, 4.69) is 15.5 Å². The van der Waals surface area contributed by atoms with Crippen molar-refractivity contribution in [1.82, 2.24) is 15.1 Å². The van der Waals surface area contributed by atoms with E-state index in [1.165, 1.54) is 12.1 Å². The smallest absolute Gasteiger partial charge is 0.322 e. The Morgan fingerprint density at radius 2 is 2.13 bits per heavy atom. The molecule has 0 spiro atoms. The van der Waals surface area contributed by atoms with Gasteiger partial charge in [0, 0.05) is 19.0 Å². The lowest BCUT2D eigenvalue weighted by Crippen LogP contribution is -2.34. The van der Waals surface area contributed by atoms with E-state index in [9.17, 15) is 9.18 Å². The molecule has 120 valence electrons. The monoisotopic (exact) mass is 316 g/mol. The minimum atomic E-state index is -0.456. The largest absolute Gasteiger partial charge is 0.471 e. The highest BCUT2D eigenvalue weighted by atomic mass is 19.1. The molecule has 6 nitrogen and oxygen atoms in total. The number of aryl methyl sites for hydroxylation is 1. The lowest BCUT2D eigenvalue weighted by Gasteiger charge is -2.17. The van der Waals surface area contributed by atoms with Crippen LogP contribution in [0.3, 0.4) is 0 Å². The van der Waals surface area contributed by atoms with Gasteiger partial charge in [0.2, 0.25) is 5.88 Å². The molecule has 1 fully saturated rings. The second kappa shape index (κ2) is 6.60. The van der Waals surface area contributed by atoms with Gasteiger partial charge in [-0.15, -0.1) is 5.10 Å². The van der Waals surface area contributed by atoms with E-state index < -0.39 is 5.82 Å². The molecule has 2 heterocycles. The van der Waals surface area contributed by atoms with Gasteiger partial charge in [-0.25, -0.2) is 9.18 Å². The molecule has 1 unspecified atom stereocenters. The van der Waals surface area contributed by atoms with Crippen molar-refractivity contribution in [3.05, 3.63) is 47.9 Å². The number of amides is 2. The summed E-state index contributed by atoms with van der Waals surface area (Å²) in [5, 5.41) is 10.5. The Balaban J connectivity index is 1.55. The van der Waals surface area contributed by atoms with E-state index in [0.29, 0.717) is 25.4 Å². The number of aromatic nitrogens is 2. The third-order valence-corrected chi connectivity index (χ3v) is 3.61. The Morgan fingerprint density at radius 3 is 2.87 bits per heavy atom. The predicted molar refractivity (Wildman–Crippen MR) is 82.8 cm³/mol. The van der Waals surface area contributed by atoms with Gasteiger partial charge in [0.15, 0.2) is 0 Å². The van der Waals surface area contributed by atoms with Crippen molar-refractivity contribution < 1.29 is 13.9 Å². The molecule has 0 saturated carbocycles. The Morgan fingerprint density at radius 1 is 1.30 bits per heavy atom. The maximum atomic E-state index is 13.6. The van der Waals surface area contributed by atoms with E-state index in [1.807, 2.05) is 13.0 Å². The van der Waals surface area contributed by atoms with Crippen LogP contribution in [0.4, 0.5) is 14.9 Å². The molecular weight excluding hydrogens is 299 g/mol. The fourth-order valence-electron chi connectivity index (χ4n) is 2.39. The summed E-state index contributed by atoms with van der Waals surface area (Å²) in [5.74, 6) is -0.0141. The molecule has 0 radical (unpaired) electrons. The van der Waals surface area contributed by atoms with E-state index in [1.54, 1.807) is 23.1 Å². The normalized spacial score (nSPS) is 17.1. The van der Waals surface area contributed by atoms with Gasteiger partial charge in [-0.2, -0.15) is 5.10 Å². The Hall–Kier alpha value is -2.70. The van der Waals surface area contributed by atoms with Gasteiger partial charge in [-0.05, 0) is 25.1 Å². The van der Waals surface area contributed by atoms with E-state index in [4.69, 9.17) is 4.74 Å². The van der Waals surface area contributed by atoms with Crippen LogP contribution in [-0.2, 0) is 0 Å². The molecule has 1 aromatic heterocycles. The van der Waals surface area contributed by atoms with Crippen LogP contribution >= 0.6 is 0 Å². The van der Waals surface area contributed by atoms with Crippen LogP contribution in [0.2, 0.25) is 0 Å². The summed E-state index contributed by atoms with van der Waals surface area (Å²) in [6.07, 6.45) is 0.554. The number of nitrogens with one attached hydrogen (secondary N) is 1. The molecule has 0 bridgehead atoms. The fourth-order valence-corrected chi connectivity index (χ4v) is 2.39. The molecule has 1 N–H and O–H groups in total. The number of urea groups is 1. The minimum Gasteiger partial charge on any atom is -0.471 e. The maximum absolute atomic E-state index is 13.6. The van der Waals surface area contributed by atoms with Gasteiger partial charge in [0.25, 0.3) is 0 Å². The molecule has 2 aromatic rings. The molecule has 23 heavy (non-hydrogen) atoms. The number of anilines is 1. The Bertz CT molecular complexity index is 693. The highest BCUT2D eigenvalue weighted by Gasteiger charge is 2.28. The quantitative estimate of drug-likeness (QED) is 0.945. The average Bonchev–Trinajstić information content (AvgIpc) is 3.00. The van der Waals surface area contributed by atoms with E-state index >= 15 is 0 Å². The number of carbonyl (C=O) groups excluding carboxylic acids is 1. The summed E-state index contributed by atoms with van der Waals surface area (Å²) < 4.78 is 19.3. The summed E-state index contributed by atoms with van der Waals surface area (Å²) in [6, 6.07) is 9.32. The molecule has 1 atom stereocenters. The summed E-state index contributed by atoms with van der Waals surface area (Å²) >= 11 is 0. The first kappa shape index (κ1) is 15.2. The molecule has 3 rings (SSSR count). The third-order valence-electron chi connectivity index (χ3n) is 3.61. The van der Waals surface area contributed by atoms with Crippen LogP contribution in [0.15, 0.2) is 36.4 Å². The standard InChI is InChI=1S/C16H17FN4O2/c1-11-6-7-15(20-19-11)23-12-8-9-21(10-12)16(22)18-14-5-3-2-4-13(14)17/h2-7,12H,8-10H2,1H3,(H,18,22). The first-order valence-electron chi connectivity index (χ1n) is 7.39. The first-order chi connectivity index (χ1) is 11.1. The summed E-state index contributed by atoms with van der Waals surface area (Å²) in [7, 11) is 0. The molecule has 0 aliphatic carbocycles. The number of nitrogens with zero attached hydrogens (tertiary/aromatic N) is 3. The zero-order valence-corrected chi connectivity index (χ0v) is 12.7. The second-order valence-corrected chi connectivity index (χ2v) is 5.40. The zero-order valence-electron chi connectivity index (χ0n) is 12.7. The number of halogens is 1. The SMILES string of the molecule is Cc1ccc(OC2CCN(C(=O)Nc3ccccc3F)C2)nn1. The van der Waals surface area contributed by atoms with Crippen LogP contribution < -0.4 is 10.1 Å². The van der Waals surface area contributed by atoms with Crippen molar-refractivity contribution in [2.75, 3.05) is 18.4 Å². The number of benzene rings is 1. The number of rotatable bonds is 3. The van der Waals surface area contributed by atoms with Crippen molar-refractivity contribution >= 4 is 11.7 Å². The van der Waals surface area contributed by atoms with Crippen molar-refractivity contribution in [3.63, 3.8) is 0 Å². The van der Waals surface area contributed by atoms with Crippen LogP contribution in [-0.4, -0.2) is 40.3 Å². The maximum Gasteiger partial charge on any atom is 0.322 e. The van der Waals surface area contributed by atoms with E-state index in [-0.39, 0.29) is 17.8 Å². The van der Waals surface area contributed by atoms with Gasteiger partial charge in [-0.3, -0.25) is 0 Å². The summed E-state index contributed by atoms with van der Waals surface area (Å²) in [5.41, 5.74) is 0.987. The van der Waals surface area contributed by atoms with Crippen molar-refractivity contribution in [2.45, 2.75) is 19.4 Å². The third kappa shape index (κ3) is 3.74. The number of hydrogen-bond acceptors (Lipinski definition) is 4. The molecule has 7 heteroatoms. The predicted octanol–water partition coefficient (Wildman–Crippen LogP) is 2.61. The topological polar surface area (TPSA) is 67.3 Å². The number of ether oxygens (including phenoxy) is 1. The van der Waals surface area contributed by atoms with Gasteiger partial charge >= 0.3 is 6.03 Å². The molecule has 1 aliphatic heterocycles. The lowest BCUT2D eigenvalue weighted by atomic mass is 10.3. The van der Waals surface area contributed by atoms with Crippen LogP contribution in [0.5, 0.6) is 5.88 Å². The Labute approximate surface area is 133 Å². The first-order valence-corrected chi connectivity index (χ1v) is 7.39. The van der Waals surface area contributed by atoms with Crippen molar-refractivity contribution in [1.29, 1.82) is 0 Å². The number of carbonyl (C=O) groups is 1. The number of likely N-dealkylation sites (tertiary alicyclic amines) is 1. The molecule has 1 saturated heterocycles. The highest BCUT2D eigenvalue weighted by Crippen LogP contribution is 2.18. The summed E-state index contributed by atoms with van der Waals surface area (Å²) in [6.45, 7) is 2.82. The van der Waals surface area contributed by atoms with Gasteiger partial charge in [-0.1, -0.05) is 12.1 Å². The van der Waals surface area contributed by atoms with Crippen LogP contribution in [0.1, 0.15) is 12.1 Å². The van der Waals surface area contributed by atoms with Crippen LogP contribution in [0, 0.1) is 12.7 Å². The minimum absolute atomic E-state index is 0.140. The van der Waals surface area contributed by atoms with Gasteiger partial charge < -0.3 is 15.0 Å². The summed E-state index contributed by atoms with van der Waals surface area (Å²) in [4.78, 5) is 13.8. The fraction of sp³-hybridized carbons (Fsp3) is 0.312. The second-order valence-electron chi connectivity index (χ2n) is 5.40. The molecule has 1 aromatic carbocycles. The molecule has 1 aliphatic rings. The van der Waals surface area contributed by atoms with Crippen LogP contribution in [0.25, 0.3) is 0 Å². The lowest BCUT2D eigenvalue weighted by molar-refractivity contribution is 0.188. The van der Waals surface area contributed by atoms with Crippen molar-refractivity contribution in [2.24, 2.45) is 0 Å². The van der Waals surface area contributed by atoms with E-state index in [0.717, 1.165) is 5.69 Å². The highest BCUT2D eigenvalue weighted by molar-refractivity contribution is 5.89. The molecule has 2 amide bonds. The van der Waals surface area contributed by atoms with Crippen molar-refractivity contribution in [3.8, 4) is 5.88 Å².